The van der Waals surface area contributed by atoms with Gasteiger partial charge in [0, 0.05) is 19.1 Å². The molecule has 1 N–H and O–H groups in total. The second kappa shape index (κ2) is 8.13. The fourth-order valence-electron chi connectivity index (χ4n) is 3.85. The topological polar surface area (TPSA) is 35.9 Å². The average molecular weight is 318 g/mol. The van der Waals surface area contributed by atoms with Crippen molar-refractivity contribution in [3.63, 3.8) is 0 Å². The third-order valence-electron chi connectivity index (χ3n) is 5.04. The molecule has 0 radical (unpaired) electrons. The number of piperidine rings is 1. The summed E-state index contributed by atoms with van der Waals surface area (Å²) in [4.78, 5) is 5.05. The zero-order valence-corrected chi connectivity index (χ0v) is 14.3. The second-order valence-electron chi connectivity index (χ2n) is 7.08. The van der Waals surface area contributed by atoms with E-state index < -0.39 is 6.10 Å². The van der Waals surface area contributed by atoms with E-state index in [1.54, 1.807) is 0 Å². The normalized spacial score (nSPS) is 24.7. The molecular formula is C19H30N2O2. The minimum atomic E-state index is -0.423. The molecule has 0 saturated carbocycles. The average Bonchev–Trinajstić information content (AvgIpc) is 3.08. The Hall–Kier alpha value is -1.10. The Balaban J connectivity index is 1.42. The van der Waals surface area contributed by atoms with Gasteiger partial charge in [-0.05, 0) is 69.9 Å². The Morgan fingerprint density at radius 2 is 2.04 bits per heavy atom. The van der Waals surface area contributed by atoms with Crippen LogP contribution in [0, 0.1) is 6.92 Å². The van der Waals surface area contributed by atoms with Gasteiger partial charge in [0.2, 0.25) is 0 Å². The van der Waals surface area contributed by atoms with Crippen molar-refractivity contribution in [1.82, 2.24) is 9.80 Å². The van der Waals surface area contributed by atoms with Gasteiger partial charge in [-0.25, -0.2) is 0 Å². The number of likely N-dealkylation sites (tertiary alicyclic amines) is 2. The van der Waals surface area contributed by atoms with Crippen LogP contribution in [0.15, 0.2) is 24.3 Å². The maximum atomic E-state index is 10.3. The van der Waals surface area contributed by atoms with Gasteiger partial charge in [0.15, 0.2) is 0 Å². The minimum Gasteiger partial charge on any atom is -0.491 e. The first kappa shape index (κ1) is 16.7. The lowest BCUT2D eigenvalue weighted by molar-refractivity contribution is 0.0416. The maximum Gasteiger partial charge on any atom is 0.119 e. The fourth-order valence-corrected chi connectivity index (χ4v) is 3.85. The van der Waals surface area contributed by atoms with Crippen molar-refractivity contribution in [3.8, 4) is 5.75 Å². The van der Waals surface area contributed by atoms with Crippen LogP contribution in [-0.4, -0.2) is 66.4 Å². The molecule has 2 unspecified atom stereocenters. The minimum absolute atomic E-state index is 0.369. The predicted octanol–water partition coefficient (Wildman–Crippen LogP) is 2.29. The molecule has 1 aromatic carbocycles. The Labute approximate surface area is 140 Å². The molecule has 2 fully saturated rings. The summed E-state index contributed by atoms with van der Waals surface area (Å²) in [6.45, 7) is 7.86. The van der Waals surface area contributed by atoms with Gasteiger partial charge in [-0.3, -0.25) is 9.80 Å². The summed E-state index contributed by atoms with van der Waals surface area (Å²) in [7, 11) is 0. The standard InChI is InChI=1S/C19H30N2O2/c1-16-6-4-8-19(12-16)23-15-18(22)14-20-9-5-7-17(13-20)21-10-2-3-11-21/h4,6,8,12,17-18,22H,2-3,5,7,9-11,13-15H2,1H3. The van der Waals surface area contributed by atoms with Crippen molar-refractivity contribution in [2.45, 2.75) is 44.8 Å². The molecule has 3 rings (SSSR count). The molecule has 2 saturated heterocycles. The van der Waals surface area contributed by atoms with Gasteiger partial charge in [-0.1, -0.05) is 12.1 Å². The fraction of sp³-hybridized carbons (Fsp3) is 0.684. The second-order valence-corrected chi connectivity index (χ2v) is 7.08. The van der Waals surface area contributed by atoms with Gasteiger partial charge in [0.25, 0.3) is 0 Å². The highest BCUT2D eigenvalue weighted by Gasteiger charge is 2.27. The molecule has 2 aliphatic rings. The molecule has 0 aromatic heterocycles. The van der Waals surface area contributed by atoms with Crippen LogP contribution in [0.25, 0.3) is 0 Å². The lowest BCUT2D eigenvalue weighted by Crippen LogP contribution is -2.49. The summed E-state index contributed by atoms with van der Waals surface area (Å²) < 4.78 is 5.73. The van der Waals surface area contributed by atoms with Gasteiger partial charge in [0.1, 0.15) is 18.5 Å². The maximum absolute atomic E-state index is 10.3. The van der Waals surface area contributed by atoms with Crippen molar-refractivity contribution in [2.75, 3.05) is 39.3 Å². The summed E-state index contributed by atoms with van der Waals surface area (Å²) in [5.74, 6) is 0.845. The van der Waals surface area contributed by atoms with E-state index in [9.17, 15) is 5.11 Å². The van der Waals surface area contributed by atoms with Gasteiger partial charge < -0.3 is 9.84 Å². The lowest BCUT2D eigenvalue weighted by Gasteiger charge is -2.38. The van der Waals surface area contributed by atoms with Crippen molar-refractivity contribution in [1.29, 1.82) is 0 Å². The summed E-state index contributed by atoms with van der Waals surface area (Å²) in [5.41, 5.74) is 1.18. The number of nitrogens with zero attached hydrogens (tertiary/aromatic N) is 2. The predicted molar refractivity (Wildman–Crippen MR) is 92.9 cm³/mol. The molecule has 1 aromatic rings. The van der Waals surface area contributed by atoms with Gasteiger partial charge in [0.05, 0.1) is 0 Å². The number of β-amino-alcohol motifs (C(OH)–C–C–N with tert-alkyl or cyclic N) is 1. The number of aliphatic hydroxyl groups excluding tert-OH is 1. The van der Waals surface area contributed by atoms with Gasteiger partial charge in [-0.15, -0.1) is 0 Å². The van der Waals surface area contributed by atoms with E-state index in [1.807, 2.05) is 18.2 Å². The number of rotatable bonds is 6. The molecule has 4 nitrogen and oxygen atoms in total. The van der Waals surface area contributed by atoms with E-state index in [2.05, 4.69) is 22.8 Å². The monoisotopic (exact) mass is 318 g/mol. The Kier molecular flexibility index (Phi) is 5.92. The van der Waals surface area contributed by atoms with Crippen LogP contribution in [0.2, 0.25) is 0 Å². The largest absolute Gasteiger partial charge is 0.491 e. The smallest absolute Gasteiger partial charge is 0.119 e. The third-order valence-corrected chi connectivity index (χ3v) is 5.04. The zero-order valence-electron chi connectivity index (χ0n) is 14.3. The molecule has 23 heavy (non-hydrogen) atoms. The van der Waals surface area contributed by atoms with E-state index in [4.69, 9.17) is 4.74 Å². The highest BCUT2D eigenvalue weighted by atomic mass is 16.5. The highest BCUT2D eigenvalue weighted by Crippen LogP contribution is 2.20. The van der Waals surface area contributed by atoms with Crippen LogP contribution in [0.5, 0.6) is 5.75 Å². The van der Waals surface area contributed by atoms with Crippen LogP contribution in [0.4, 0.5) is 0 Å². The molecule has 2 atom stereocenters. The summed E-state index contributed by atoms with van der Waals surface area (Å²) in [6, 6.07) is 8.69. The van der Waals surface area contributed by atoms with Crippen LogP contribution < -0.4 is 4.74 Å². The Morgan fingerprint density at radius 3 is 2.83 bits per heavy atom. The molecule has 0 spiro atoms. The van der Waals surface area contributed by atoms with Crippen LogP contribution in [0.3, 0.4) is 0 Å². The van der Waals surface area contributed by atoms with E-state index in [0.29, 0.717) is 12.6 Å². The molecule has 4 heteroatoms. The number of aliphatic hydroxyl groups is 1. The first-order valence-electron chi connectivity index (χ1n) is 9.04. The van der Waals surface area contributed by atoms with E-state index in [1.165, 1.54) is 44.3 Å². The van der Waals surface area contributed by atoms with Crippen molar-refractivity contribution in [3.05, 3.63) is 29.8 Å². The molecule has 128 valence electrons. The SMILES string of the molecule is Cc1cccc(OCC(O)CN2CCCC(N3CCCC3)C2)c1. The molecule has 0 bridgehead atoms. The van der Waals surface area contributed by atoms with E-state index >= 15 is 0 Å². The van der Waals surface area contributed by atoms with Crippen molar-refractivity contribution < 1.29 is 9.84 Å². The number of ether oxygens (including phenoxy) is 1. The Morgan fingerprint density at radius 1 is 1.22 bits per heavy atom. The number of hydrogen-bond donors (Lipinski definition) is 1. The molecule has 2 aliphatic heterocycles. The molecule has 0 aliphatic carbocycles. The molecule has 0 amide bonds. The number of hydrogen-bond acceptors (Lipinski definition) is 4. The Bertz CT molecular complexity index is 488. The summed E-state index contributed by atoms with van der Waals surface area (Å²) in [6.07, 6.45) is 4.83. The van der Waals surface area contributed by atoms with E-state index in [-0.39, 0.29) is 0 Å². The number of aryl methyl sites for hydroxylation is 1. The van der Waals surface area contributed by atoms with Crippen LogP contribution in [-0.2, 0) is 0 Å². The summed E-state index contributed by atoms with van der Waals surface area (Å²) >= 11 is 0. The highest BCUT2D eigenvalue weighted by molar-refractivity contribution is 5.27. The lowest BCUT2D eigenvalue weighted by atomic mass is 10.0. The summed E-state index contributed by atoms with van der Waals surface area (Å²) in [5, 5.41) is 10.3. The van der Waals surface area contributed by atoms with E-state index in [0.717, 1.165) is 25.4 Å². The first-order chi connectivity index (χ1) is 11.2. The first-order valence-corrected chi connectivity index (χ1v) is 9.04. The van der Waals surface area contributed by atoms with Gasteiger partial charge >= 0.3 is 0 Å². The molecular weight excluding hydrogens is 288 g/mol. The van der Waals surface area contributed by atoms with Gasteiger partial charge in [-0.2, -0.15) is 0 Å². The van der Waals surface area contributed by atoms with Crippen LogP contribution >= 0.6 is 0 Å². The third kappa shape index (κ3) is 4.93. The molecule has 2 heterocycles. The number of benzene rings is 1. The van der Waals surface area contributed by atoms with Crippen molar-refractivity contribution >= 4 is 0 Å². The quantitative estimate of drug-likeness (QED) is 0.873. The zero-order chi connectivity index (χ0) is 16.1. The van der Waals surface area contributed by atoms with Crippen molar-refractivity contribution in [2.24, 2.45) is 0 Å². The van der Waals surface area contributed by atoms with Crippen LogP contribution in [0.1, 0.15) is 31.2 Å².